The molecule has 124 valence electrons. The monoisotopic (exact) mass is 383 g/mol. The molecule has 2 nitrogen and oxygen atoms in total. The lowest BCUT2D eigenvalue weighted by Crippen LogP contribution is -2.26. The molecule has 1 heterocycles. The first kappa shape index (κ1) is 16.0. The second-order valence-electron chi connectivity index (χ2n) is 6.91. The van der Waals surface area contributed by atoms with Crippen molar-refractivity contribution in [3.63, 3.8) is 0 Å². The van der Waals surface area contributed by atoms with Crippen LogP contribution in [0.3, 0.4) is 0 Å². The molecular weight excluding hydrogens is 362 g/mol. The van der Waals surface area contributed by atoms with E-state index in [1.165, 1.54) is 37.7 Å². The van der Waals surface area contributed by atoms with Crippen LogP contribution in [0.5, 0.6) is 0 Å². The van der Waals surface area contributed by atoms with Crippen molar-refractivity contribution in [1.29, 1.82) is 0 Å². The number of benzene rings is 2. The highest BCUT2D eigenvalue weighted by atomic mass is 79.9. The molecular formula is C21H22BrNO. The summed E-state index contributed by atoms with van der Waals surface area (Å²) >= 11 is 3.45. The molecule has 2 aliphatic rings. The van der Waals surface area contributed by atoms with Gasteiger partial charge < -0.3 is 0 Å². The van der Waals surface area contributed by atoms with Gasteiger partial charge in [0.25, 0.3) is 0 Å². The van der Waals surface area contributed by atoms with Crippen molar-refractivity contribution in [3.05, 3.63) is 70.2 Å². The molecule has 0 radical (unpaired) electrons. The quantitative estimate of drug-likeness (QED) is 0.520. The maximum Gasteiger partial charge on any atom is 0.181 e. The molecule has 2 aromatic rings. The number of carbonyl (C=O) groups excluding carboxylic acids is 1. The Hall–Kier alpha value is -1.45. The number of hydrogen-bond acceptors (Lipinski definition) is 2. The molecule has 3 unspecified atom stereocenters. The highest BCUT2D eigenvalue weighted by Gasteiger charge is 2.55. The summed E-state index contributed by atoms with van der Waals surface area (Å²) in [5.74, 6) is 0.266. The third-order valence-electron chi connectivity index (χ3n) is 5.39. The highest BCUT2D eigenvalue weighted by Crippen LogP contribution is 2.49. The van der Waals surface area contributed by atoms with E-state index in [9.17, 15) is 4.79 Å². The molecule has 0 amide bonds. The van der Waals surface area contributed by atoms with Gasteiger partial charge in [-0.2, -0.15) is 0 Å². The van der Waals surface area contributed by atoms with Crippen LogP contribution in [0.4, 0.5) is 0 Å². The molecule has 24 heavy (non-hydrogen) atoms. The van der Waals surface area contributed by atoms with Crippen LogP contribution >= 0.6 is 15.9 Å². The fourth-order valence-corrected chi connectivity index (χ4v) is 4.41. The van der Waals surface area contributed by atoms with Crippen molar-refractivity contribution in [2.24, 2.45) is 0 Å². The van der Waals surface area contributed by atoms with Gasteiger partial charge in [-0.25, -0.2) is 0 Å². The van der Waals surface area contributed by atoms with E-state index in [4.69, 9.17) is 0 Å². The Morgan fingerprint density at radius 2 is 1.58 bits per heavy atom. The Kier molecular flexibility index (Phi) is 4.55. The molecule has 2 fully saturated rings. The number of rotatable bonds is 4. The maximum atomic E-state index is 13.1. The number of Topliss-reactive ketones (excluding diaryl/α,β-unsaturated/α-hetero) is 1. The smallest absolute Gasteiger partial charge is 0.181 e. The lowest BCUT2D eigenvalue weighted by molar-refractivity contribution is 0.0963. The molecule has 1 aliphatic carbocycles. The van der Waals surface area contributed by atoms with E-state index in [2.05, 4.69) is 45.1 Å². The predicted octanol–water partition coefficient (Wildman–Crippen LogP) is 5.39. The van der Waals surface area contributed by atoms with Gasteiger partial charge in [-0.15, -0.1) is 0 Å². The topological polar surface area (TPSA) is 20.1 Å². The van der Waals surface area contributed by atoms with Gasteiger partial charge in [0.2, 0.25) is 0 Å². The maximum absolute atomic E-state index is 13.1. The predicted molar refractivity (Wildman–Crippen MR) is 100 cm³/mol. The standard InChI is InChI=1S/C21H22BrNO/c22-17-13-11-16(12-14-17)21(24)20-19(15-7-3-1-4-8-15)23(20)18-9-5-2-6-10-18/h1,3-4,7-8,11-14,18-20H,2,5-6,9-10H2. The first-order valence-corrected chi connectivity index (χ1v) is 9.67. The molecule has 3 heteroatoms. The zero-order chi connectivity index (χ0) is 16.5. The minimum Gasteiger partial charge on any atom is -0.292 e. The van der Waals surface area contributed by atoms with E-state index in [0.29, 0.717) is 6.04 Å². The van der Waals surface area contributed by atoms with Crippen LogP contribution in [0, 0.1) is 0 Å². The molecule has 4 rings (SSSR count). The van der Waals surface area contributed by atoms with Crippen molar-refractivity contribution in [2.75, 3.05) is 0 Å². The molecule has 1 saturated carbocycles. The largest absolute Gasteiger partial charge is 0.292 e. The number of carbonyl (C=O) groups is 1. The van der Waals surface area contributed by atoms with Crippen molar-refractivity contribution in [2.45, 2.75) is 50.2 Å². The van der Waals surface area contributed by atoms with Crippen LogP contribution in [-0.4, -0.2) is 22.8 Å². The second-order valence-corrected chi connectivity index (χ2v) is 7.83. The van der Waals surface area contributed by atoms with Gasteiger partial charge >= 0.3 is 0 Å². The van der Waals surface area contributed by atoms with E-state index in [-0.39, 0.29) is 17.9 Å². The van der Waals surface area contributed by atoms with Crippen molar-refractivity contribution >= 4 is 21.7 Å². The summed E-state index contributed by atoms with van der Waals surface area (Å²) in [6.07, 6.45) is 6.39. The molecule has 0 bridgehead atoms. The van der Waals surface area contributed by atoms with Gasteiger partial charge in [0, 0.05) is 16.1 Å². The van der Waals surface area contributed by atoms with Crippen molar-refractivity contribution < 1.29 is 4.79 Å². The number of ketones is 1. The van der Waals surface area contributed by atoms with Gasteiger partial charge in [-0.1, -0.05) is 77.7 Å². The zero-order valence-corrected chi connectivity index (χ0v) is 15.3. The Bertz CT molecular complexity index is 706. The van der Waals surface area contributed by atoms with E-state index in [1.807, 2.05) is 30.3 Å². The molecule has 0 spiro atoms. The zero-order valence-electron chi connectivity index (χ0n) is 13.7. The fourth-order valence-electron chi connectivity index (χ4n) is 4.15. The molecule has 0 aromatic heterocycles. The van der Waals surface area contributed by atoms with Crippen LogP contribution in [0.1, 0.15) is 54.1 Å². The number of nitrogens with zero attached hydrogens (tertiary/aromatic N) is 1. The molecule has 3 atom stereocenters. The van der Waals surface area contributed by atoms with E-state index in [0.717, 1.165) is 10.0 Å². The Balaban J connectivity index is 1.61. The Morgan fingerprint density at radius 3 is 2.25 bits per heavy atom. The first-order valence-electron chi connectivity index (χ1n) is 8.88. The number of halogens is 1. The minimum atomic E-state index is 0.0108. The SMILES string of the molecule is O=C(c1ccc(Br)cc1)C1C(c2ccccc2)N1C1CCCCC1. The van der Waals surface area contributed by atoms with Crippen molar-refractivity contribution in [1.82, 2.24) is 4.90 Å². The fraction of sp³-hybridized carbons (Fsp3) is 0.381. The molecule has 2 aromatic carbocycles. The second kappa shape index (κ2) is 6.81. The van der Waals surface area contributed by atoms with Crippen LogP contribution in [0.15, 0.2) is 59.1 Å². The van der Waals surface area contributed by atoms with Gasteiger partial charge in [-0.3, -0.25) is 9.69 Å². The number of hydrogen-bond donors (Lipinski definition) is 0. The van der Waals surface area contributed by atoms with E-state index >= 15 is 0 Å². The van der Waals surface area contributed by atoms with E-state index in [1.54, 1.807) is 0 Å². The van der Waals surface area contributed by atoms with Crippen molar-refractivity contribution in [3.8, 4) is 0 Å². The Morgan fingerprint density at radius 1 is 0.917 bits per heavy atom. The lowest BCUT2D eigenvalue weighted by atomic mass is 9.95. The summed E-state index contributed by atoms with van der Waals surface area (Å²) in [6, 6.07) is 19.1. The molecule has 0 N–H and O–H groups in total. The third-order valence-corrected chi connectivity index (χ3v) is 5.92. The third kappa shape index (κ3) is 3.07. The average Bonchev–Trinajstić information content (AvgIpc) is 3.39. The van der Waals surface area contributed by atoms with Crippen LogP contribution in [0.25, 0.3) is 0 Å². The van der Waals surface area contributed by atoms with E-state index < -0.39 is 0 Å². The van der Waals surface area contributed by atoms with Gasteiger partial charge in [0.05, 0.1) is 12.1 Å². The summed E-state index contributed by atoms with van der Waals surface area (Å²) in [5.41, 5.74) is 2.10. The van der Waals surface area contributed by atoms with Gasteiger partial charge in [0.1, 0.15) is 0 Å². The summed E-state index contributed by atoms with van der Waals surface area (Å²) in [5, 5.41) is 0. The summed E-state index contributed by atoms with van der Waals surface area (Å²) in [7, 11) is 0. The lowest BCUT2D eigenvalue weighted by Gasteiger charge is -2.24. The summed E-state index contributed by atoms with van der Waals surface area (Å²) in [4.78, 5) is 15.6. The van der Waals surface area contributed by atoms with Gasteiger partial charge in [0.15, 0.2) is 5.78 Å². The van der Waals surface area contributed by atoms with Crippen LogP contribution in [0.2, 0.25) is 0 Å². The Labute approximate surface area is 152 Å². The molecule has 1 saturated heterocycles. The molecule has 1 aliphatic heterocycles. The summed E-state index contributed by atoms with van der Waals surface area (Å²) in [6.45, 7) is 0. The van der Waals surface area contributed by atoms with Crippen LogP contribution < -0.4 is 0 Å². The normalized spacial score (nSPS) is 27.0. The summed E-state index contributed by atoms with van der Waals surface area (Å²) < 4.78 is 1.01. The minimum absolute atomic E-state index is 0.0108. The first-order chi connectivity index (χ1) is 11.8. The van der Waals surface area contributed by atoms with Crippen LogP contribution in [-0.2, 0) is 0 Å². The highest BCUT2D eigenvalue weighted by molar-refractivity contribution is 9.10. The van der Waals surface area contributed by atoms with Gasteiger partial charge in [-0.05, 0) is 30.5 Å². The average molecular weight is 384 g/mol.